The Hall–Kier alpha value is -2.27. The first-order valence-corrected chi connectivity index (χ1v) is 10.5. The lowest BCUT2D eigenvalue weighted by molar-refractivity contribution is -0.139. The number of thioether (sulfide) groups is 1. The molecule has 0 aromatic heterocycles. The van der Waals surface area contributed by atoms with Gasteiger partial charge in [0.15, 0.2) is 0 Å². The zero-order valence-electron chi connectivity index (χ0n) is 16.1. The molecule has 0 saturated carbocycles. The molecule has 1 N–H and O–H groups in total. The van der Waals surface area contributed by atoms with E-state index in [-0.39, 0.29) is 11.8 Å². The maximum atomic E-state index is 13.0. The summed E-state index contributed by atoms with van der Waals surface area (Å²) in [5.74, 6) is 1.05. The van der Waals surface area contributed by atoms with Gasteiger partial charge in [0.05, 0.1) is 5.75 Å². The van der Waals surface area contributed by atoms with E-state index in [4.69, 9.17) is 0 Å². The van der Waals surface area contributed by atoms with Crippen molar-refractivity contribution in [2.24, 2.45) is 0 Å². The minimum absolute atomic E-state index is 0.00196. The molecule has 0 heterocycles. The lowest BCUT2D eigenvalue weighted by Crippen LogP contribution is -2.49. The average Bonchev–Trinajstić information content (AvgIpc) is 2.69. The first-order valence-electron chi connectivity index (χ1n) is 9.38. The van der Waals surface area contributed by atoms with Crippen LogP contribution < -0.4 is 5.32 Å². The second-order valence-corrected chi connectivity index (χ2v) is 7.29. The van der Waals surface area contributed by atoms with Crippen LogP contribution in [0.3, 0.4) is 0 Å². The number of benzene rings is 2. The van der Waals surface area contributed by atoms with Crippen molar-refractivity contribution >= 4 is 23.6 Å². The van der Waals surface area contributed by atoms with Gasteiger partial charge in [-0.05, 0) is 24.5 Å². The predicted molar refractivity (Wildman–Crippen MR) is 112 cm³/mol. The van der Waals surface area contributed by atoms with Crippen LogP contribution in [0.15, 0.2) is 60.7 Å². The molecule has 144 valence electrons. The molecular weight excluding hydrogens is 356 g/mol. The molecule has 0 aliphatic heterocycles. The Balaban J connectivity index is 2.07. The number of likely N-dealkylation sites (N-methyl/N-ethyl adjacent to an activating group) is 1. The highest BCUT2D eigenvalue weighted by Crippen LogP contribution is 2.17. The summed E-state index contributed by atoms with van der Waals surface area (Å²) >= 11 is 1.58. The fraction of sp³-hybridized carbons (Fsp3) is 0.364. The molecule has 0 fully saturated rings. The smallest absolute Gasteiger partial charge is 0.242 e. The number of carbonyl (C=O) groups is 2. The van der Waals surface area contributed by atoms with Gasteiger partial charge in [-0.25, -0.2) is 0 Å². The van der Waals surface area contributed by atoms with Gasteiger partial charge in [0.1, 0.15) is 6.04 Å². The molecule has 27 heavy (non-hydrogen) atoms. The average molecular weight is 385 g/mol. The molecule has 2 aromatic carbocycles. The van der Waals surface area contributed by atoms with Gasteiger partial charge in [-0.15, -0.1) is 11.8 Å². The fourth-order valence-electron chi connectivity index (χ4n) is 2.91. The van der Waals surface area contributed by atoms with E-state index < -0.39 is 6.04 Å². The van der Waals surface area contributed by atoms with E-state index in [1.54, 1.807) is 16.7 Å². The van der Waals surface area contributed by atoms with Gasteiger partial charge in [-0.1, -0.05) is 67.6 Å². The van der Waals surface area contributed by atoms with Gasteiger partial charge < -0.3 is 10.2 Å². The molecule has 0 bridgehead atoms. The van der Waals surface area contributed by atoms with Crippen LogP contribution >= 0.6 is 11.8 Å². The second-order valence-electron chi connectivity index (χ2n) is 6.30. The zero-order valence-corrected chi connectivity index (χ0v) is 16.9. The molecule has 0 spiro atoms. The second kappa shape index (κ2) is 11.4. The van der Waals surface area contributed by atoms with Crippen LogP contribution in [-0.2, 0) is 21.9 Å². The SMILES string of the molecule is CCNC(=O)[C@H](CC)N(Cc1ccccc1)C(=O)CSCc1ccccc1. The van der Waals surface area contributed by atoms with Crippen molar-refractivity contribution in [1.82, 2.24) is 10.2 Å². The van der Waals surface area contributed by atoms with Crippen LogP contribution in [0.4, 0.5) is 0 Å². The van der Waals surface area contributed by atoms with Crippen LogP contribution in [0.25, 0.3) is 0 Å². The van der Waals surface area contributed by atoms with Crippen LogP contribution in [0.1, 0.15) is 31.4 Å². The van der Waals surface area contributed by atoms with Crippen molar-refractivity contribution in [2.45, 2.75) is 38.6 Å². The minimum Gasteiger partial charge on any atom is -0.355 e. The maximum absolute atomic E-state index is 13.0. The fourth-order valence-corrected chi connectivity index (χ4v) is 3.78. The quantitative estimate of drug-likeness (QED) is 0.677. The zero-order chi connectivity index (χ0) is 19.5. The first-order chi connectivity index (χ1) is 13.2. The standard InChI is InChI=1S/C22H28N2O2S/c1-3-20(22(26)23-4-2)24(15-18-11-7-5-8-12-18)21(25)17-27-16-19-13-9-6-10-14-19/h5-14,20H,3-4,15-17H2,1-2H3,(H,23,26)/t20-/m0/s1. The van der Waals surface area contributed by atoms with E-state index >= 15 is 0 Å². The maximum Gasteiger partial charge on any atom is 0.242 e. The summed E-state index contributed by atoms with van der Waals surface area (Å²) in [4.78, 5) is 27.2. The third-order valence-corrected chi connectivity index (χ3v) is 5.26. The summed E-state index contributed by atoms with van der Waals surface area (Å²) in [5, 5.41) is 2.86. The number of amides is 2. The molecule has 0 saturated heterocycles. The largest absolute Gasteiger partial charge is 0.355 e. The highest BCUT2D eigenvalue weighted by molar-refractivity contribution is 7.99. The Morgan fingerprint density at radius 3 is 2.11 bits per heavy atom. The normalized spacial score (nSPS) is 11.6. The molecule has 2 amide bonds. The van der Waals surface area contributed by atoms with E-state index in [0.29, 0.717) is 25.3 Å². The van der Waals surface area contributed by atoms with Gasteiger partial charge in [-0.2, -0.15) is 0 Å². The van der Waals surface area contributed by atoms with Crippen LogP contribution in [0.2, 0.25) is 0 Å². The molecule has 2 aromatic rings. The molecule has 2 rings (SSSR count). The van der Waals surface area contributed by atoms with E-state index in [0.717, 1.165) is 11.3 Å². The van der Waals surface area contributed by atoms with E-state index in [2.05, 4.69) is 17.4 Å². The number of carbonyl (C=O) groups excluding carboxylic acids is 2. The van der Waals surface area contributed by atoms with Gasteiger partial charge in [-0.3, -0.25) is 9.59 Å². The molecule has 4 nitrogen and oxygen atoms in total. The highest BCUT2D eigenvalue weighted by Gasteiger charge is 2.28. The number of nitrogens with one attached hydrogen (secondary N) is 1. The van der Waals surface area contributed by atoms with Gasteiger partial charge in [0, 0.05) is 18.8 Å². The van der Waals surface area contributed by atoms with Crippen molar-refractivity contribution in [3.63, 3.8) is 0 Å². The molecule has 0 aliphatic carbocycles. The number of hydrogen-bond donors (Lipinski definition) is 1. The van der Waals surface area contributed by atoms with Crippen molar-refractivity contribution in [2.75, 3.05) is 12.3 Å². The molecular formula is C22H28N2O2S. The third-order valence-electron chi connectivity index (χ3n) is 4.27. The summed E-state index contributed by atoms with van der Waals surface area (Å²) in [6, 6.07) is 19.5. The van der Waals surface area contributed by atoms with Crippen molar-refractivity contribution in [3.05, 3.63) is 71.8 Å². The van der Waals surface area contributed by atoms with E-state index in [1.165, 1.54) is 5.56 Å². The first kappa shape index (κ1) is 21.0. The van der Waals surface area contributed by atoms with Crippen LogP contribution in [-0.4, -0.2) is 35.1 Å². The highest BCUT2D eigenvalue weighted by atomic mass is 32.2. The predicted octanol–water partition coefficient (Wildman–Crippen LogP) is 3.86. The molecule has 5 heteroatoms. The summed E-state index contributed by atoms with van der Waals surface area (Å²) in [6.07, 6.45) is 0.591. The molecule has 0 unspecified atom stereocenters. The summed E-state index contributed by atoms with van der Waals surface area (Å²) < 4.78 is 0. The molecule has 0 radical (unpaired) electrons. The summed E-state index contributed by atoms with van der Waals surface area (Å²) in [6.45, 7) is 4.85. The van der Waals surface area contributed by atoms with Crippen LogP contribution in [0, 0.1) is 0 Å². The molecule has 0 aliphatic rings. The van der Waals surface area contributed by atoms with Gasteiger partial charge >= 0.3 is 0 Å². The summed E-state index contributed by atoms with van der Waals surface area (Å²) in [5.41, 5.74) is 2.22. The van der Waals surface area contributed by atoms with Crippen molar-refractivity contribution < 1.29 is 9.59 Å². The monoisotopic (exact) mass is 384 g/mol. The minimum atomic E-state index is -0.449. The van der Waals surface area contributed by atoms with Crippen molar-refractivity contribution in [3.8, 4) is 0 Å². The topological polar surface area (TPSA) is 49.4 Å². The van der Waals surface area contributed by atoms with Gasteiger partial charge in [0.25, 0.3) is 0 Å². The lowest BCUT2D eigenvalue weighted by atomic mass is 10.1. The Morgan fingerprint density at radius 2 is 1.56 bits per heavy atom. The number of nitrogens with zero attached hydrogens (tertiary/aromatic N) is 1. The lowest BCUT2D eigenvalue weighted by Gasteiger charge is -2.30. The Bertz CT molecular complexity index is 707. The Morgan fingerprint density at radius 1 is 0.963 bits per heavy atom. The number of rotatable bonds is 10. The summed E-state index contributed by atoms with van der Waals surface area (Å²) in [7, 11) is 0. The number of hydrogen-bond acceptors (Lipinski definition) is 3. The Kier molecular flexibility index (Phi) is 8.92. The van der Waals surface area contributed by atoms with E-state index in [1.807, 2.05) is 62.4 Å². The van der Waals surface area contributed by atoms with Gasteiger partial charge in [0.2, 0.25) is 11.8 Å². The Labute approximate surface area is 166 Å². The van der Waals surface area contributed by atoms with E-state index in [9.17, 15) is 9.59 Å². The van der Waals surface area contributed by atoms with Crippen molar-refractivity contribution in [1.29, 1.82) is 0 Å². The van der Waals surface area contributed by atoms with Crippen LogP contribution in [0.5, 0.6) is 0 Å². The third kappa shape index (κ3) is 6.75. The molecule has 1 atom stereocenters.